The van der Waals surface area contributed by atoms with Crippen LogP contribution >= 0.6 is 12.2 Å². The summed E-state index contributed by atoms with van der Waals surface area (Å²) < 4.78 is 15.0. The van der Waals surface area contributed by atoms with Crippen molar-refractivity contribution in [3.05, 3.63) is 65.1 Å². The zero-order chi connectivity index (χ0) is 23.5. The number of thiocarbonyl (C=S) groups is 1. The van der Waals surface area contributed by atoms with Crippen LogP contribution in [0.15, 0.2) is 42.6 Å². The van der Waals surface area contributed by atoms with E-state index in [9.17, 15) is 19.2 Å². The van der Waals surface area contributed by atoms with Gasteiger partial charge in [0.2, 0.25) is 0 Å². The Bertz CT molecular complexity index is 1430. The van der Waals surface area contributed by atoms with Gasteiger partial charge in [0.25, 0.3) is 11.8 Å². The molecule has 2 aromatic carbocycles. The Morgan fingerprint density at radius 2 is 1.97 bits per heavy atom. The Kier molecular flexibility index (Phi) is 4.65. The quantitative estimate of drug-likeness (QED) is 0.599. The highest BCUT2D eigenvalue weighted by Crippen LogP contribution is 2.49. The number of halogens is 1. The number of carbonyl (C=O) groups excluding carboxylic acids is 2. The maximum absolute atomic E-state index is 15.0. The molecule has 1 aromatic heterocycles. The zero-order valence-electron chi connectivity index (χ0n) is 17.6. The van der Waals surface area contributed by atoms with E-state index in [1.54, 1.807) is 48.4 Å². The first-order valence-corrected chi connectivity index (χ1v) is 10.8. The number of hydrogen-bond donors (Lipinski definition) is 1. The maximum atomic E-state index is 15.0. The molecule has 164 valence electrons. The number of rotatable bonds is 3. The molecule has 0 radical (unpaired) electrons. The molecular weight excluding hydrogens is 441 g/mol. The average molecular weight is 460 g/mol. The Hall–Kier alpha value is -3.90. The number of carbonyl (C=O) groups is 2. The predicted octanol–water partition coefficient (Wildman–Crippen LogP) is 3.71. The number of benzene rings is 2. The van der Waals surface area contributed by atoms with Gasteiger partial charge >= 0.3 is 0 Å². The van der Waals surface area contributed by atoms with Crippen LogP contribution in [0.4, 0.5) is 15.8 Å². The average Bonchev–Trinajstić information content (AvgIpc) is 3.01. The van der Waals surface area contributed by atoms with Crippen molar-refractivity contribution in [2.75, 3.05) is 9.80 Å². The lowest BCUT2D eigenvalue weighted by Crippen LogP contribution is -2.55. The fraction of sp³-hybridized carbons (Fsp3) is 0.208. The molecule has 2 fully saturated rings. The summed E-state index contributed by atoms with van der Waals surface area (Å²) in [4.78, 5) is 32.9. The van der Waals surface area contributed by atoms with Gasteiger partial charge < -0.3 is 10.6 Å². The van der Waals surface area contributed by atoms with Crippen LogP contribution in [0, 0.1) is 24.1 Å². The van der Waals surface area contributed by atoms with E-state index in [4.69, 9.17) is 18.0 Å². The van der Waals surface area contributed by atoms with Crippen LogP contribution in [-0.2, 0) is 4.79 Å². The number of pyridine rings is 1. The minimum absolute atomic E-state index is 0.195. The summed E-state index contributed by atoms with van der Waals surface area (Å²) in [5, 5.41) is 10.3. The SMILES string of the molecule is Cc1c(N2C(=S)N(c3ccc(C#N)c4ncccc34)C(=O)C23CCC3)ccc(C(N)=O)c1F. The van der Waals surface area contributed by atoms with Crippen molar-refractivity contribution < 1.29 is 14.0 Å². The van der Waals surface area contributed by atoms with Gasteiger partial charge in [-0.25, -0.2) is 4.39 Å². The molecule has 2 aliphatic rings. The summed E-state index contributed by atoms with van der Waals surface area (Å²) in [5.74, 6) is -1.79. The van der Waals surface area contributed by atoms with Crippen LogP contribution in [-0.4, -0.2) is 27.4 Å². The third-order valence-electron chi connectivity index (χ3n) is 6.56. The lowest BCUT2D eigenvalue weighted by atomic mass is 9.75. The van der Waals surface area contributed by atoms with Gasteiger partial charge in [-0.1, -0.05) is 0 Å². The molecule has 1 saturated heterocycles. The van der Waals surface area contributed by atoms with Gasteiger partial charge in [-0.05, 0) is 74.8 Å². The second-order valence-corrected chi connectivity index (χ2v) is 8.59. The van der Waals surface area contributed by atoms with Crippen LogP contribution in [0.1, 0.15) is 40.7 Å². The Balaban J connectivity index is 1.70. The Morgan fingerprint density at radius 3 is 2.61 bits per heavy atom. The number of hydrogen-bond acceptors (Lipinski definition) is 5. The van der Waals surface area contributed by atoms with E-state index in [1.807, 2.05) is 0 Å². The third kappa shape index (κ3) is 2.77. The fourth-order valence-corrected chi connectivity index (χ4v) is 5.17. The topological polar surface area (TPSA) is 103 Å². The standard InChI is InChI=1S/C24H18FN5O2S/c1-13-17(8-6-16(19(13)25)21(27)31)30-23(33)29(22(32)24(30)9-3-10-24)18-7-5-14(12-26)20-15(18)4-2-11-28-20/h2,4-8,11H,3,9-10H2,1H3,(H2,27,31). The van der Waals surface area contributed by atoms with Gasteiger partial charge in [0.05, 0.1) is 28.0 Å². The fourth-order valence-electron chi connectivity index (χ4n) is 4.72. The van der Waals surface area contributed by atoms with Crippen LogP contribution in [0.2, 0.25) is 0 Å². The number of aromatic nitrogens is 1. The van der Waals surface area contributed by atoms with E-state index in [1.165, 1.54) is 11.0 Å². The number of fused-ring (bicyclic) bond motifs is 1. The van der Waals surface area contributed by atoms with Gasteiger partial charge in [0.15, 0.2) is 5.11 Å². The van der Waals surface area contributed by atoms with E-state index in [0.29, 0.717) is 40.7 Å². The first-order chi connectivity index (χ1) is 15.8. The number of amides is 2. The second kappa shape index (κ2) is 7.32. The third-order valence-corrected chi connectivity index (χ3v) is 6.93. The number of nitrogens with two attached hydrogens (primary N) is 1. The highest BCUT2D eigenvalue weighted by Gasteiger charge is 2.60. The van der Waals surface area contributed by atoms with Gasteiger partial charge in [-0.2, -0.15) is 5.26 Å². The first kappa shape index (κ1) is 21.0. The largest absolute Gasteiger partial charge is 0.366 e. The van der Waals surface area contributed by atoms with Crippen molar-refractivity contribution in [2.24, 2.45) is 5.73 Å². The molecule has 5 rings (SSSR count). The van der Waals surface area contributed by atoms with E-state index < -0.39 is 17.3 Å². The van der Waals surface area contributed by atoms with Gasteiger partial charge in [-0.3, -0.25) is 19.5 Å². The minimum Gasteiger partial charge on any atom is -0.366 e. The van der Waals surface area contributed by atoms with Crippen LogP contribution < -0.4 is 15.5 Å². The van der Waals surface area contributed by atoms with Crippen molar-refractivity contribution in [3.63, 3.8) is 0 Å². The zero-order valence-corrected chi connectivity index (χ0v) is 18.4. The molecule has 0 atom stereocenters. The summed E-state index contributed by atoms with van der Waals surface area (Å²) in [5.41, 5.74) is 6.16. The smallest absolute Gasteiger partial charge is 0.259 e. The second-order valence-electron chi connectivity index (χ2n) is 8.22. The first-order valence-electron chi connectivity index (χ1n) is 10.4. The molecule has 9 heteroatoms. The molecule has 7 nitrogen and oxygen atoms in total. The van der Waals surface area contributed by atoms with E-state index in [0.717, 1.165) is 6.42 Å². The Labute approximate surface area is 194 Å². The monoisotopic (exact) mass is 459 g/mol. The number of primary amides is 1. The molecule has 0 bridgehead atoms. The Morgan fingerprint density at radius 1 is 1.24 bits per heavy atom. The molecule has 2 N–H and O–H groups in total. The molecule has 1 saturated carbocycles. The van der Waals surface area contributed by atoms with E-state index in [2.05, 4.69) is 11.1 Å². The van der Waals surface area contributed by atoms with Crippen molar-refractivity contribution in [2.45, 2.75) is 31.7 Å². The lowest BCUT2D eigenvalue weighted by molar-refractivity contribution is -0.123. The van der Waals surface area contributed by atoms with Crippen LogP contribution in [0.3, 0.4) is 0 Å². The minimum atomic E-state index is -0.926. The number of nitrogens with zero attached hydrogens (tertiary/aromatic N) is 4. The molecule has 0 unspecified atom stereocenters. The molecule has 3 aromatic rings. The van der Waals surface area contributed by atoms with E-state index >= 15 is 0 Å². The highest BCUT2D eigenvalue weighted by atomic mass is 32.1. The molecule has 1 spiro atoms. The van der Waals surface area contributed by atoms with Gasteiger partial charge in [0, 0.05) is 17.1 Å². The summed E-state index contributed by atoms with van der Waals surface area (Å²) in [6, 6.07) is 11.9. The molecule has 2 amide bonds. The summed E-state index contributed by atoms with van der Waals surface area (Å²) in [6.45, 7) is 1.54. The number of anilines is 2. The predicted molar refractivity (Wildman–Crippen MR) is 125 cm³/mol. The summed E-state index contributed by atoms with van der Waals surface area (Å²) >= 11 is 5.80. The lowest BCUT2D eigenvalue weighted by Gasteiger charge is -2.43. The highest BCUT2D eigenvalue weighted by molar-refractivity contribution is 7.81. The molecule has 1 aliphatic heterocycles. The van der Waals surface area contributed by atoms with Crippen LogP contribution in [0.25, 0.3) is 10.9 Å². The van der Waals surface area contributed by atoms with Crippen molar-refractivity contribution >= 4 is 51.4 Å². The van der Waals surface area contributed by atoms with Crippen molar-refractivity contribution in [3.8, 4) is 6.07 Å². The molecular formula is C24H18FN5O2S. The number of nitriles is 1. The molecule has 33 heavy (non-hydrogen) atoms. The van der Waals surface area contributed by atoms with Gasteiger partial charge in [0.1, 0.15) is 17.4 Å². The molecule has 1 aliphatic carbocycles. The van der Waals surface area contributed by atoms with E-state index in [-0.39, 0.29) is 22.1 Å². The normalized spacial score (nSPS) is 16.9. The van der Waals surface area contributed by atoms with Gasteiger partial charge in [-0.15, -0.1) is 0 Å². The summed E-state index contributed by atoms with van der Waals surface area (Å²) in [6.07, 6.45) is 3.54. The van der Waals surface area contributed by atoms with Crippen LogP contribution in [0.5, 0.6) is 0 Å². The summed E-state index contributed by atoms with van der Waals surface area (Å²) in [7, 11) is 0. The molecule has 2 heterocycles. The van der Waals surface area contributed by atoms with Crippen molar-refractivity contribution in [1.82, 2.24) is 4.98 Å². The maximum Gasteiger partial charge on any atom is 0.259 e. The van der Waals surface area contributed by atoms with Crippen molar-refractivity contribution in [1.29, 1.82) is 5.26 Å².